The molecule has 2 N–H and O–H groups in total. The Kier molecular flexibility index (Phi) is 18.5. The molecule has 0 radical (unpaired) electrons. The van der Waals surface area contributed by atoms with E-state index >= 15 is 0 Å². The Hall–Kier alpha value is -0.183. The normalized spacial score (nSPS) is 17.1. The molecule has 3 unspecified atom stereocenters. The van der Waals surface area contributed by atoms with Crippen LogP contribution in [0.5, 0.6) is 0 Å². The van der Waals surface area contributed by atoms with Crippen LogP contribution in [0.2, 0.25) is 6.04 Å². The molecule has 11 heteroatoms. The second-order valence-corrected chi connectivity index (χ2v) is 8.80. The minimum atomic E-state index is -3.26. The molecular weight excluding hydrogens is 402 g/mol. The first-order chi connectivity index (χ1) is 13.9. The van der Waals surface area contributed by atoms with E-state index in [0.717, 1.165) is 0 Å². The predicted molar refractivity (Wildman–Crippen MR) is 109 cm³/mol. The molecule has 176 valence electrons. The first kappa shape index (κ1) is 28.8. The van der Waals surface area contributed by atoms with Gasteiger partial charge in [0.25, 0.3) is 0 Å². The zero-order valence-corrected chi connectivity index (χ0v) is 19.8. The van der Waals surface area contributed by atoms with Crippen LogP contribution in [0.4, 0.5) is 0 Å². The standard InChI is InChI=1S/C18H41NO9Si/c1-16(23-12-9-20-4)26-29(15-7-8-19,27-17(2)24-13-10-21-5)28-18(3)25-14-11-22-6/h16-18H,7-15,19H2,1-6H3. The van der Waals surface area contributed by atoms with Gasteiger partial charge in [-0.05, 0) is 33.7 Å². The lowest BCUT2D eigenvalue weighted by atomic mass is 10.5. The van der Waals surface area contributed by atoms with Gasteiger partial charge in [0.15, 0.2) is 0 Å². The van der Waals surface area contributed by atoms with Gasteiger partial charge in [0, 0.05) is 27.4 Å². The van der Waals surface area contributed by atoms with Crippen molar-refractivity contribution in [3.8, 4) is 0 Å². The van der Waals surface area contributed by atoms with Gasteiger partial charge in [0.1, 0.15) is 18.9 Å². The van der Waals surface area contributed by atoms with Crippen LogP contribution in [-0.2, 0) is 41.7 Å². The molecule has 0 rings (SSSR count). The lowest BCUT2D eigenvalue weighted by molar-refractivity contribution is -0.183. The molecule has 0 aromatic rings. The smallest absolute Gasteiger partial charge is 0.382 e. The molecule has 0 spiro atoms. The van der Waals surface area contributed by atoms with Crippen LogP contribution < -0.4 is 5.73 Å². The van der Waals surface area contributed by atoms with Crippen molar-refractivity contribution in [2.45, 2.75) is 52.1 Å². The summed E-state index contributed by atoms with van der Waals surface area (Å²) in [4.78, 5) is 0. The summed E-state index contributed by atoms with van der Waals surface area (Å²) in [5.41, 5.74) is 5.74. The highest BCUT2D eigenvalue weighted by molar-refractivity contribution is 6.60. The van der Waals surface area contributed by atoms with Crippen molar-refractivity contribution in [1.82, 2.24) is 0 Å². The lowest BCUT2D eigenvalue weighted by Gasteiger charge is -2.36. The highest BCUT2D eigenvalue weighted by atomic mass is 28.4. The van der Waals surface area contributed by atoms with Gasteiger partial charge in [-0.1, -0.05) is 0 Å². The van der Waals surface area contributed by atoms with Crippen LogP contribution in [0.3, 0.4) is 0 Å². The zero-order valence-electron chi connectivity index (χ0n) is 18.8. The van der Waals surface area contributed by atoms with Crippen molar-refractivity contribution >= 4 is 8.80 Å². The van der Waals surface area contributed by atoms with Crippen LogP contribution >= 0.6 is 0 Å². The van der Waals surface area contributed by atoms with Gasteiger partial charge in [-0.15, -0.1) is 0 Å². The van der Waals surface area contributed by atoms with Gasteiger partial charge in [-0.2, -0.15) is 0 Å². The average Bonchev–Trinajstić information content (AvgIpc) is 2.67. The Morgan fingerprint density at radius 3 is 1.24 bits per heavy atom. The highest BCUT2D eigenvalue weighted by Gasteiger charge is 2.46. The monoisotopic (exact) mass is 443 g/mol. The summed E-state index contributed by atoms with van der Waals surface area (Å²) < 4.78 is 50.5. The fourth-order valence-electron chi connectivity index (χ4n) is 2.33. The fourth-order valence-corrected chi connectivity index (χ4v) is 5.21. The van der Waals surface area contributed by atoms with E-state index in [2.05, 4.69) is 0 Å². The summed E-state index contributed by atoms with van der Waals surface area (Å²) in [5.74, 6) is 0. The van der Waals surface area contributed by atoms with Gasteiger partial charge in [0.2, 0.25) is 0 Å². The van der Waals surface area contributed by atoms with Crippen LogP contribution in [-0.4, -0.2) is 95.2 Å². The van der Waals surface area contributed by atoms with Gasteiger partial charge >= 0.3 is 8.80 Å². The Morgan fingerprint density at radius 1 is 0.621 bits per heavy atom. The number of rotatable bonds is 21. The molecule has 0 aromatic heterocycles. The van der Waals surface area contributed by atoms with Crippen molar-refractivity contribution in [2.24, 2.45) is 5.73 Å². The van der Waals surface area contributed by atoms with Gasteiger partial charge in [-0.25, -0.2) is 0 Å². The first-order valence-corrected chi connectivity index (χ1v) is 11.9. The van der Waals surface area contributed by atoms with Crippen molar-refractivity contribution in [2.75, 3.05) is 67.5 Å². The number of hydrogen-bond donors (Lipinski definition) is 1. The highest BCUT2D eigenvalue weighted by Crippen LogP contribution is 2.24. The second-order valence-electron chi connectivity index (χ2n) is 6.22. The molecule has 29 heavy (non-hydrogen) atoms. The maximum absolute atomic E-state index is 6.18. The van der Waals surface area contributed by atoms with Crippen LogP contribution in [0.1, 0.15) is 27.2 Å². The molecule has 0 saturated heterocycles. The van der Waals surface area contributed by atoms with Crippen molar-refractivity contribution in [1.29, 1.82) is 0 Å². The molecule has 0 aromatic carbocycles. The van der Waals surface area contributed by atoms with Gasteiger partial charge in [0.05, 0.1) is 39.6 Å². The topological polar surface area (TPSA) is 109 Å². The molecule has 0 aliphatic heterocycles. The first-order valence-electron chi connectivity index (χ1n) is 9.98. The molecule has 0 fully saturated rings. The molecular formula is C18H41NO9Si. The predicted octanol–water partition coefficient (Wildman–Crippen LogP) is 1.35. The van der Waals surface area contributed by atoms with E-state index in [9.17, 15) is 0 Å². The third-order valence-corrected chi connectivity index (χ3v) is 6.68. The minimum Gasteiger partial charge on any atom is -0.382 e. The Labute approximate surface area is 176 Å². The quantitative estimate of drug-likeness (QED) is 0.159. The summed E-state index contributed by atoms with van der Waals surface area (Å²) in [6.07, 6.45) is -1.03. The summed E-state index contributed by atoms with van der Waals surface area (Å²) >= 11 is 0. The number of hydrogen-bond acceptors (Lipinski definition) is 10. The molecule has 0 amide bonds. The van der Waals surface area contributed by atoms with E-state index in [-0.39, 0.29) is 0 Å². The zero-order chi connectivity index (χ0) is 22.0. The average molecular weight is 444 g/mol. The van der Waals surface area contributed by atoms with E-state index in [1.54, 1.807) is 42.1 Å². The summed E-state index contributed by atoms with van der Waals surface area (Å²) in [6, 6.07) is 0.497. The summed E-state index contributed by atoms with van der Waals surface area (Å²) in [6.45, 7) is 8.38. The Morgan fingerprint density at radius 2 is 0.966 bits per heavy atom. The Balaban J connectivity index is 5.17. The van der Waals surface area contributed by atoms with Crippen molar-refractivity contribution in [3.63, 3.8) is 0 Å². The molecule has 10 nitrogen and oxygen atoms in total. The van der Waals surface area contributed by atoms with Crippen LogP contribution in [0.25, 0.3) is 0 Å². The van der Waals surface area contributed by atoms with Crippen LogP contribution in [0.15, 0.2) is 0 Å². The fraction of sp³-hybridized carbons (Fsp3) is 1.00. The van der Waals surface area contributed by atoms with E-state index in [1.807, 2.05) is 0 Å². The van der Waals surface area contributed by atoms with E-state index < -0.39 is 27.7 Å². The molecule has 0 heterocycles. The molecule has 0 aliphatic carbocycles. The van der Waals surface area contributed by atoms with Crippen molar-refractivity contribution < 1.29 is 41.7 Å². The maximum atomic E-state index is 6.18. The third kappa shape index (κ3) is 15.3. The lowest BCUT2D eigenvalue weighted by Crippen LogP contribution is -2.53. The molecule has 0 bridgehead atoms. The Bertz CT molecular complexity index is 323. The van der Waals surface area contributed by atoms with E-state index in [1.165, 1.54) is 0 Å². The third-order valence-electron chi connectivity index (χ3n) is 3.64. The number of nitrogens with two attached hydrogens (primary N) is 1. The van der Waals surface area contributed by atoms with E-state index in [4.69, 9.17) is 47.4 Å². The van der Waals surface area contributed by atoms with Gasteiger partial charge < -0.3 is 47.4 Å². The largest absolute Gasteiger partial charge is 0.506 e. The maximum Gasteiger partial charge on any atom is 0.506 e. The van der Waals surface area contributed by atoms with Gasteiger partial charge in [-0.3, -0.25) is 0 Å². The number of methoxy groups -OCH3 is 3. The second kappa shape index (κ2) is 18.6. The number of ether oxygens (including phenoxy) is 6. The summed E-state index contributed by atoms with van der Waals surface area (Å²) in [5, 5.41) is 0. The molecule has 0 aliphatic rings. The summed E-state index contributed by atoms with van der Waals surface area (Å²) in [7, 11) is 1.57. The van der Waals surface area contributed by atoms with Crippen LogP contribution in [0, 0.1) is 0 Å². The molecule has 0 saturated carbocycles. The van der Waals surface area contributed by atoms with E-state index in [0.29, 0.717) is 58.7 Å². The molecule has 3 atom stereocenters. The minimum absolute atomic E-state index is 0.388. The SMILES string of the molecule is COCCOC(C)O[Si](CCCN)(OC(C)OCCOC)OC(C)OCCOC. The van der Waals surface area contributed by atoms with Crippen molar-refractivity contribution in [3.05, 3.63) is 0 Å².